The van der Waals surface area contributed by atoms with E-state index in [-0.39, 0.29) is 6.10 Å². The van der Waals surface area contributed by atoms with Crippen molar-refractivity contribution >= 4 is 11.3 Å². The van der Waals surface area contributed by atoms with Gasteiger partial charge < -0.3 is 9.84 Å². The Morgan fingerprint density at radius 3 is 2.56 bits per heavy atom. The molecule has 0 saturated heterocycles. The Labute approximate surface area is 112 Å². The van der Waals surface area contributed by atoms with Gasteiger partial charge in [0.2, 0.25) is 0 Å². The molecule has 3 heteroatoms. The zero-order valence-corrected chi connectivity index (χ0v) is 11.3. The predicted octanol–water partition coefficient (Wildman–Crippen LogP) is 3.29. The summed E-state index contributed by atoms with van der Waals surface area (Å²) < 4.78 is 5.68. The van der Waals surface area contributed by atoms with E-state index in [9.17, 15) is 5.11 Å². The van der Waals surface area contributed by atoms with Crippen molar-refractivity contribution in [3.63, 3.8) is 0 Å². The molecular formula is C15H18O2S. The van der Waals surface area contributed by atoms with Gasteiger partial charge in [0.05, 0.1) is 12.7 Å². The average molecular weight is 262 g/mol. The van der Waals surface area contributed by atoms with Gasteiger partial charge in [-0.25, -0.2) is 0 Å². The van der Waals surface area contributed by atoms with Crippen LogP contribution >= 0.6 is 11.3 Å². The molecule has 1 heterocycles. The van der Waals surface area contributed by atoms with Gasteiger partial charge in [-0.05, 0) is 53.4 Å². The average Bonchev–Trinajstić information content (AvgIpc) is 2.84. The molecule has 0 aliphatic carbocycles. The van der Waals surface area contributed by atoms with Crippen molar-refractivity contribution in [2.24, 2.45) is 0 Å². The van der Waals surface area contributed by atoms with Crippen LogP contribution in [0.1, 0.15) is 18.1 Å². The normalized spacial score (nSPS) is 12.3. The highest BCUT2D eigenvalue weighted by Crippen LogP contribution is 2.14. The molecule has 1 unspecified atom stereocenters. The maximum absolute atomic E-state index is 9.29. The van der Waals surface area contributed by atoms with E-state index in [2.05, 4.69) is 16.8 Å². The third-order valence-electron chi connectivity index (χ3n) is 2.69. The standard InChI is InChI=1S/C15H18O2S/c1-12(16)10-13-2-4-15(5-3-13)17-8-6-14-7-9-18-11-14/h2-5,7,9,11-12,16H,6,8,10H2,1H3. The highest BCUT2D eigenvalue weighted by atomic mass is 32.1. The molecule has 1 atom stereocenters. The second-order valence-corrected chi connectivity index (χ2v) is 5.21. The van der Waals surface area contributed by atoms with E-state index in [0.29, 0.717) is 13.0 Å². The molecule has 0 spiro atoms. The Kier molecular flexibility index (Phi) is 4.79. The maximum atomic E-state index is 9.29. The van der Waals surface area contributed by atoms with E-state index in [1.165, 1.54) is 5.56 Å². The number of ether oxygens (including phenoxy) is 1. The molecule has 2 nitrogen and oxygen atoms in total. The molecule has 0 aliphatic rings. The van der Waals surface area contributed by atoms with E-state index < -0.39 is 0 Å². The number of hydrogen-bond acceptors (Lipinski definition) is 3. The van der Waals surface area contributed by atoms with Crippen molar-refractivity contribution in [2.45, 2.75) is 25.9 Å². The minimum Gasteiger partial charge on any atom is -0.493 e. The van der Waals surface area contributed by atoms with Gasteiger partial charge in [0, 0.05) is 6.42 Å². The fourth-order valence-corrected chi connectivity index (χ4v) is 2.49. The Balaban J connectivity index is 1.79. The number of rotatable bonds is 6. The van der Waals surface area contributed by atoms with Crippen molar-refractivity contribution in [2.75, 3.05) is 6.61 Å². The second-order valence-electron chi connectivity index (χ2n) is 4.43. The summed E-state index contributed by atoms with van der Waals surface area (Å²) in [4.78, 5) is 0. The SMILES string of the molecule is CC(O)Cc1ccc(OCCc2ccsc2)cc1. The summed E-state index contributed by atoms with van der Waals surface area (Å²) >= 11 is 1.71. The first kappa shape index (κ1) is 13.1. The quantitative estimate of drug-likeness (QED) is 0.865. The van der Waals surface area contributed by atoms with Gasteiger partial charge in [-0.15, -0.1) is 0 Å². The Morgan fingerprint density at radius 1 is 1.17 bits per heavy atom. The number of benzene rings is 1. The van der Waals surface area contributed by atoms with Crippen molar-refractivity contribution in [3.8, 4) is 5.75 Å². The van der Waals surface area contributed by atoms with Crippen LogP contribution in [0.15, 0.2) is 41.1 Å². The molecule has 2 rings (SSSR count). The van der Waals surface area contributed by atoms with Gasteiger partial charge in [0.1, 0.15) is 5.75 Å². The van der Waals surface area contributed by atoms with E-state index >= 15 is 0 Å². The molecule has 18 heavy (non-hydrogen) atoms. The van der Waals surface area contributed by atoms with E-state index in [0.717, 1.165) is 17.7 Å². The first-order chi connectivity index (χ1) is 8.74. The molecule has 0 amide bonds. The van der Waals surface area contributed by atoms with Crippen molar-refractivity contribution in [1.29, 1.82) is 0 Å². The molecule has 96 valence electrons. The second kappa shape index (κ2) is 6.57. The minimum absolute atomic E-state index is 0.296. The minimum atomic E-state index is -0.296. The lowest BCUT2D eigenvalue weighted by molar-refractivity contribution is 0.195. The topological polar surface area (TPSA) is 29.5 Å². The van der Waals surface area contributed by atoms with Gasteiger partial charge in [-0.2, -0.15) is 11.3 Å². The molecule has 0 bridgehead atoms. The molecule has 2 aromatic rings. The first-order valence-electron chi connectivity index (χ1n) is 6.15. The van der Waals surface area contributed by atoms with E-state index in [4.69, 9.17) is 4.74 Å². The number of aliphatic hydroxyl groups is 1. The van der Waals surface area contributed by atoms with Gasteiger partial charge in [0.25, 0.3) is 0 Å². The molecule has 1 N–H and O–H groups in total. The summed E-state index contributed by atoms with van der Waals surface area (Å²) in [5.41, 5.74) is 2.46. The van der Waals surface area contributed by atoms with Crippen LogP contribution in [0.5, 0.6) is 5.75 Å². The largest absolute Gasteiger partial charge is 0.493 e. The van der Waals surface area contributed by atoms with Crippen LogP contribution in [0.3, 0.4) is 0 Å². The van der Waals surface area contributed by atoms with Gasteiger partial charge in [-0.3, -0.25) is 0 Å². The Hall–Kier alpha value is -1.32. The van der Waals surface area contributed by atoms with Crippen LogP contribution in [0, 0.1) is 0 Å². The lowest BCUT2D eigenvalue weighted by atomic mass is 10.1. The van der Waals surface area contributed by atoms with Crippen molar-refractivity contribution in [1.82, 2.24) is 0 Å². The fourth-order valence-electron chi connectivity index (χ4n) is 1.78. The fraction of sp³-hybridized carbons (Fsp3) is 0.333. The van der Waals surface area contributed by atoms with Crippen LogP contribution in [-0.2, 0) is 12.8 Å². The third-order valence-corrected chi connectivity index (χ3v) is 3.43. The summed E-state index contributed by atoms with van der Waals surface area (Å²) in [6, 6.07) is 10.1. The number of hydrogen-bond donors (Lipinski definition) is 1. The zero-order valence-electron chi connectivity index (χ0n) is 10.5. The molecule has 0 fully saturated rings. The highest BCUT2D eigenvalue weighted by molar-refractivity contribution is 7.07. The predicted molar refractivity (Wildman–Crippen MR) is 75.3 cm³/mol. The zero-order chi connectivity index (χ0) is 12.8. The molecule has 0 radical (unpaired) electrons. The van der Waals surface area contributed by atoms with Crippen molar-refractivity contribution < 1.29 is 9.84 Å². The smallest absolute Gasteiger partial charge is 0.119 e. The summed E-state index contributed by atoms with van der Waals surface area (Å²) in [6.07, 6.45) is 1.34. The maximum Gasteiger partial charge on any atom is 0.119 e. The molecule has 0 aliphatic heterocycles. The number of aliphatic hydroxyl groups excluding tert-OH is 1. The summed E-state index contributed by atoms with van der Waals surface area (Å²) in [5.74, 6) is 0.888. The van der Waals surface area contributed by atoms with Crippen LogP contribution in [0.2, 0.25) is 0 Å². The van der Waals surface area contributed by atoms with Crippen LogP contribution in [0.4, 0.5) is 0 Å². The molecule has 0 saturated carbocycles. The highest BCUT2D eigenvalue weighted by Gasteiger charge is 2.00. The Morgan fingerprint density at radius 2 is 1.94 bits per heavy atom. The third kappa shape index (κ3) is 4.17. The van der Waals surface area contributed by atoms with Crippen LogP contribution in [-0.4, -0.2) is 17.8 Å². The van der Waals surface area contributed by atoms with Crippen LogP contribution < -0.4 is 4.74 Å². The summed E-state index contributed by atoms with van der Waals surface area (Å²) in [6.45, 7) is 2.50. The van der Waals surface area contributed by atoms with Gasteiger partial charge in [-0.1, -0.05) is 12.1 Å². The summed E-state index contributed by atoms with van der Waals surface area (Å²) in [7, 11) is 0. The molecular weight excluding hydrogens is 244 g/mol. The first-order valence-corrected chi connectivity index (χ1v) is 7.09. The monoisotopic (exact) mass is 262 g/mol. The van der Waals surface area contributed by atoms with Gasteiger partial charge in [0.15, 0.2) is 0 Å². The van der Waals surface area contributed by atoms with E-state index in [1.807, 2.05) is 24.3 Å². The summed E-state index contributed by atoms with van der Waals surface area (Å²) in [5, 5.41) is 13.5. The lowest BCUT2D eigenvalue weighted by Gasteiger charge is -2.07. The van der Waals surface area contributed by atoms with Gasteiger partial charge >= 0.3 is 0 Å². The van der Waals surface area contributed by atoms with E-state index in [1.54, 1.807) is 18.3 Å². The Bertz CT molecular complexity index is 446. The van der Waals surface area contributed by atoms with Crippen LogP contribution in [0.25, 0.3) is 0 Å². The molecule has 1 aromatic carbocycles. The van der Waals surface area contributed by atoms with Crippen molar-refractivity contribution in [3.05, 3.63) is 52.2 Å². The molecule has 1 aromatic heterocycles. The lowest BCUT2D eigenvalue weighted by Crippen LogP contribution is -2.04. The number of thiophene rings is 1.